The fraction of sp³-hybridized carbons (Fsp3) is 0.318. The first-order valence-corrected chi connectivity index (χ1v) is 9.73. The molecule has 2 aromatic heterocycles. The average Bonchev–Trinajstić information content (AvgIpc) is 3.42. The van der Waals surface area contributed by atoms with E-state index in [1.807, 2.05) is 64.2 Å². The van der Waals surface area contributed by atoms with Gasteiger partial charge in [-0.2, -0.15) is 0 Å². The van der Waals surface area contributed by atoms with Crippen molar-refractivity contribution in [1.82, 2.24) is 19.4 Å². The fourth-order valence-electron chi connectivity index (χ4n) is 3.68. The summed E-state index contributed by atoms with van der Waals surface area (Å²) in [6.45, 7) is 2.85. The number of hydrogen-bond donors (Lipinski definition) is 0. The molecular formula is C22H24N4O2. The van der Waals surface area contributed by atoms with Crippen molar-refractivity contribution in [3.63, 3.8) is 0 Å². The number of imidazole rings is 1. The number of pyridine rings is 1. The van der Waals surface area contributed by atoms with Gasteiger partial charge in [0, 0.05) is 25.4 Å². The van der Waals surface area contributed by atoms with E-state index in [2.05, 4.69) is 11.9 Å². The summed E-state index contributed by atoms with van der Waals surface area (Å²) >= 11 is 0. The SMILES string of the molecule is CCc1nccn1-c1cccc([C@@H]2CCCN2C(=O)COc2ccccc2)n1. The van der Waals surface area contributed by atoms with E-state index in [1.165, 1.54) is 0 Å². The van der Waals surface area contributed by atoms with E-state index in [1.54, 1.807) is 6.20 Å². The Kier molecular flexibility index (Phi) is 5.37. The van der Waals surface area contributed by atoms with Crippen LogP contribution in [0.3, 0.4) is 0 Å². The zero-order valence-corrected chi connectivity index (χ0v) is 16.0. The van der Waals surface area contributed by atoms with Crippen LogP contribution in [0.1, 0.15) is 37.3 Å². The number of hydrogen-bond acceptors (Lipinski definition) is 4. The molecule has 1 amide bonds. The van der Waals surface area contributed by atoms with Crippen LogP contribution >= 0.6 is 0 Å². The van der Waals surface area contributed by atoms with Crippen LogP contribution in [-0.2, 0) is 11.2 Å². The van der Waals surface area contributed by atoms with Crippen molar-refractivity contribution in [2.45, 2.75) is 32.2 Å². The minimum Gasteiger partial charge on any atom is -0.484 e. The van der Waals surface area contributed by atoms with E-state index in [-0.39, 0.29) is 18.6 Å². The molecule has 28 heavy (non-hydrogen) atoms. The summed E-state index contributed by atoms with van der Waals surface area (Å²) in [7, 11) is 0. The summed E-state index contributed by atoms with van der Waals surface area (Å²) in [5.74, 6) is 2.52. The Morgan fingerprint density at radius 2 is 2.04 bits per heavy atom. The Hall–Kier alpha value is -3.15. The van der Waals surface area contributed by atoms with E-state index < -0.39 is 0 Å². The molecule has 6 heteroatoms. The highest BCUT2D eigenvalue weighted by atomic mass is 16.5. The van der Waals surface area contributed by atoms with Gasteiger partial charge in [-0.15, -0.1) is 0 Å². The van der Waals surface area contributed by atoms with Gasteiger partial charge in [-0.1, -0.05) is 31.2 Å². The minimum absolute atomic E-state index is 0.00423. The molecule has 1 aliphatic heterocycles. The molecule has 1 aliphatic rings. The van der Waals surface area contributed by atoms with Crippen molar-refractivity contribution in [2.24, 2.45) is 0 Å². The van der Waals surface area contributed by atoms with Gasteiger partial charge in [-0.3, -0.25) is 9.36 Å². The number of carbonyl (C=O) groups excluding carboxylic acids is 1. The number of rotatable bonds is 6. The van der Waals surface area contributed by atoms with Crippen LogP contribution in [0.5, 0.6) is 5.75 Å². The summed E-state index contributed by atoms with van der Waals surface area (Å²) < 4.78 is 7.66. The van der Waals surface area contributed by atoms with Crippen LogP contribution < -0.4 is 4.74 Å². The fourth-order valence-corrected chi connectivity index (χ4v) is 3.68. The Balaban J connectivity index is 1.50. The van der Waals surface area contributed by atoms with Gasteiger partial charge >= 0.3 is 0 Å². The molecule has 0 aliphatic carbocycles. The number of likely N-dealkylation sites (tertiary alicyclic amines) is 1. The highest BCUT2D eigenvalue weighted by molar-refractivity contribution is 5.78. The number of benzene rings is 1. The topological polar surface area (TPSA) is 60.2 Å². The molecule has 0 N–H and O–H groups in total. The molecule has 1 aromatic carbocycles. The first-order chi connectivity index (χ1) is 13.8. The first-order valence-electron chi connectivity index (χ1n) is 9.73. The lowest BCUT2D eigenvalue weighted by atomic mass is 10.1. The molecule has 3 aromatic rings. The highest BCUT2D eigenvalue weighted by Gasteiger charge is 2.31. The quantitative estimate of drug-likeness (QED) is 0.660. The van der Waals surface area contributed by atoms with Crippen LogP contribution in [0.15, 0.2) is 60.9 Å². The standard InChI is InChI=1S/C22H24N4O2/c1-2-20-23-13-15-26(20)21-12-6-10-18(24-21)19-11-7-14-25(19)22(27)16-28-17-8-4-3-5-9-17/h3-6,8-10,12-13,15,19H,2,7,11,14,16H2,1H3/t19-/m0/s1. The highest BCUT2D eigenvalue weighted by Crippen LogP contribution is 2.31. The maximum atomic E-state index is 12.8. The second-order valence-corrected chi connectivity index (χ2v) is 6.83. The molecule has 144 valence electrons. The third-order valence-corrected chi connectivity index (χ3v) is 5.06. The number of amides is 1. The van der Waals surface area contributed by atoms with E-state index in [0.29, 0.717) is 5.75 Å². The average molecular weight is 376 g/mol. The minimum atomic E-state index is -0.0135. The number of aromatic nitrogens is 3. The lowest BCUT2D eigenvalue weighted by Crippen LogP contribution is -2.34. The van der Waals surface area contributed by atoms with Gasteiger partial charge in [0.2, 0.25) is 0 Å². The van der Waals surface area contributed by atoms with Gasteiger partial charge in [-0.05, 0) is 37.1 Å². The molecule has 0 bridgehead atoms. The van der Waals surface area contributed by atoms with Crippen molar-refractivity contribution in [3.05, 3.63) is 72.4 Å². The number of ether oxygens (including phenoxy) is 1. The maximum Gasteiger partial charge on any atom is 0.261 e. The molecule has 6 nitrogen and oxygen atoms in total. The van der Waals surface area contributed by atoms with Crippen LogP contribution in [0.2, 0.25) is 0 Å². The largest absolute Gasteiger partial charge is 0.484 e. The molecule has 0 spiro atoms. The van der Waals surface area contributed by atoms with Gasteiger partial charge in [0.25, 0.3) is 5.91 Å². The molecule has 0 saturated carbocycles. The first kappa shape index (κ1) is 18.2. The number of carbonyl (C=O) groups is 1. The summed E-state index contributed by atoms with van der Waals surface area (Å²) in [5.41, 5.74) is 0.916. The molecule has 4 rings (SSSR count). The van der Waals surface area contributed by atoms with Gasteiger partial charge in [0.05, 0.1) is 11.7 Å². The lowest BCUT2D eigenvalue weighted by Gasteiger charge is -2.24. The Bertz CT molecular complexity index is 938. The molecule has 1 fully saturated rings. The summed E-state index contributed by atoms with van der Waals surface area (Å²) in [6, 6.07) is 15.4. The van der Waals surface area contributed by atoms with Crippen molar-refractivity contribution >= 4 is 5.91 Å². The van der Waals surface area contributed by atoms with E-state index >= 15 is 0 Å². The molecular weight excluding hydrogens is 352 g/mol. The molecule has 3 heterocycles. The van der Waals surface area contributed by atoms with Crippen LogP contribution in [0.25, 0.3) is 5.82 Å². The Morgan fingerprint density at radius 3 is 2.86 bits per heavy atom. The normalized spacial score (nSPS) is 16.3. The van der Waals surface area contributed by atoms with E-state index in [9.17, 15) is 4.79 Å². The number of nitrogens with zero attached hydrogens (tertiary/aromatic N) is 4. The third kappa shape index (κ3) is 3.76. The Labute approximate surface area is 164 Å². The second kappa shape index (κ2) is 8.25. The van der Waals surface area contributed by atoms with E-state index in [0.717, 1.165) is 43.1 Å². The second-order valence-electron chi connectivity index (χ2n) is 6.83. The third-order valence-electron chi connectivity index (χ3n) is 5.06. The van der Waals surface area contributed by atoms with E-state index in [4.69, 9.17) is 9.72 Å². The van der Waals surface area contributed by atoms with Crippen LogP contribution in [-0.4, -0.2) is 38.5 Å². The summed E-state index contributed by atoms with van der Waals surface area (Å²) in [6.07, 6.45) is 6.44. The predicted molar refractivity (Wildman–Crippen MR) is 106 cm³/mol. The number of para-hydroxylation sites is 1. The number of aryl methyl sites for hydroxylation is 1. The van der Waals surface area contributed by atoms with Crippen molar-refractivity contribution in [1.29, 1.82) is 0 Å². The molecule has 1 atom stereocenters. The molecule has 1 saturated heterocycles. The van der Waals surface area contributed by atoms with Crippen LogP contribution in [0.4, 0.5) is 0 Å². The van der Waals surface area contributed by atoms with Crippen LogP contribution in [0, 0.1) is 0 Å². The predicted octanol–water partition coefficient (Wildman–Crippen LogP) is 3.57. The van der Waals surface area contributed by atoms with Crippen molar-refractivity contribution < 1.29 is 9.53 Å². The zero-order valence-electron chi connectivity index (χ0n) is 16.0. The summed E-state index contributed by atoms with van der Waals surface area (Å²) in [4.78, 5) is 23.9. The van der Waals surface area contributed by atoms with Gasteiger partial charge in [0.1, 0.15) is 17.4 Å². The zero-order chi connectivity index (χ0) is 19.3. The monoisotopic (exact) mass is 376 g/mol. The smallest absolute Gasteiger partial charge is 0.261 e. The Morgan fingerprint density at radius 1 is 1.18 bits per heavy atom. The maximum absolute atomic E-state index is 12.8. The lowest BCUT2D eigenvalue weighted by molar-refractivity contribution is -0.134. The van der Waals surface area contributed by atoms with Gasteiger partial charge in [-0.25, -0.2) is 9.97 Å². The van der Waals surface area contributed by atoms with Crippen molar-refractivity contribution in [3.8, 4) is 11.6 Å². The van der Waals surface area contributed by atoms with Gasteiger partial charge in [0.15, 0.2) is 6.61 Å². The van der Waals surface area contributed by atoms with Crippen molar-refractivity contribution in [2.75, 3.05) is 13.2 Å². The molecule has 0 radical (unpaired) electrons. The van der Waals surface area contributed by atoms with Gasteiger partial charge < -0.3 is 9.64 Å². The summed E-state index contributed by atoms with van der Waals surface area (Å²) in [5, 5.41) is 0. The molecule has 0 unspecified atom stereocenters.